The van der Waals surface area contributed by atoms with Crippen LogP contribution in [-0.4, -0.2) is 65.7 Å². The van der Waals surface area contributed by atoms with Gasteiger partial charge >= 0.3 is 19.8 Å². The van der Waals surface area contributed by atoms with Crippen molar-refractivity contribution in [3.05, 3.63) is 24.3 Å². The predicted molar refractivity (Wildman–Crippen MR) is 196 cm³/mol. The van der Waals surface area contributed by atoms with Crippen molar-refractivity contribution in [2.75, 3.05) is 26.4 Å². The summed E-state index contributed by atoms with van der Waals surface area (Å²) < 4.78 is 32.5. The van der Waals surface area contributed by atoms with E-state index in [1.54, 1.807) is 0 Å². The minimum Gasteiger partial charge on any atom is -0.462 e. The number of aliphatic hydroxyl groups is 2. The fourth-order valence-corrected chi connectivity index (χ4v) is 5.84. The molecule has 10 nitrogen and oxygen atoms in total. The lowest BCUT2D eigenvalue weighted by Crippen LogP contribution is -2.29. The Morgan fingerprint density at radius 2 is 1.06 bits per heavy atom. The summed E-state index contributed by atoms with van der Waals surface area (Å²) in [7, 11) is -4.62. The SMILES string of the molecule is CCCC/C=C/CCCCCCCC(=O)O[C@H](COC(=O)CC/C=C/CCCCCCCCCCCCC)COP(=O)(O)OC[C@@H](O)CO. The molecule has 0 aliphatic rings. The fourth-order valence-electron chi connectivity index (χ4n) is 5.05. The Morgan fingerprint density at radius 1 is 0.592 bits per heavy atom. The van der Waals surface area contributed by atoms with E-state index in [4.69, 9.17) is 19.1 Å². The molecule has 0 amide bonds. The molecule has 288 valence electrons. The summed E-state index contributed by atoms with van der Waals surface area (Å²) in [4.78, 5) is 34.7. The smallest absolute Gasteiger partial charge is 0.462 e. The van der Waals surface area contributed by atoms with Crippen LogP contribution in [0.5, 0.6) is 0 Å². The number of esters is 2. The van der Waals surface area contributed by atoms with E-state index in [0.29, 0.717) is 12.8 Å². The van der Waals surface area contributed by atoms with E-state index in [2.05, 4.69) is 36.6 Å². The average Bonchev–Trinajstić information content (AvgIpc) is 3.09. The van der Waals surface area contributed by atoms with E-state index in [-0.39, 0.29) is 19.4 Å². The minimum absolute atomic E-state index is 0.158. The lowest BCUT2D eigenvalue weighted by Gasteiger charge is -2.20. The van der Waals surface area contributed by atoms with Gasteiger partial charge in [-0.3, -0.25) is 18.6 Å². The van der Waals surface area contributed by atoms with Crippen molar-refractivity contribution in [3.8, 4) is 0 Å². The maximum atomic E-state index is 12.5. The van der Waals surface area contributed by atoms with Crippen LogP contribution in [0, 0.1) is 0 Å². The first kappa shape index (κ1) is 47.4. The molecular formula is C38H71O10P. The van der Waals surface area contributed by atoms with Gasteiger partial charge in [-0.25, -0.2) is 4.57 Å². The Hall–Kier alpha value is -1.55. The molecule has 0 radical (unpaired) electrons. The van der Waals surface area contributed by atoms with E-state index in [0.717, 1.165) is 51.4 Å². The molecule has 0 fully saturated rings. The Morgan fingerprint density at radius 3 is 1.61 bits per heavy atom. The summed E-state index contributed by atoms with van der Waals surface area (Å²) in [5, 5.41) is 18.3. The molecule has 0 heterocycles. The molecule has 11 heteroatoms. The van der Waals surface area contributed by atoms with E-state index >= 15 is 0 Å². The lowest BCUT2D eigenvalue weighted by atomic mass is 10.1. The summed E-state index contributed by atoms with van der Waals surface area (Å²) in [6.45, 7) is 2.28. The molecule has 0 rings (SSSR count). The minimum atomic E-state index is -4.62. The average molecular weight is 719 g/mol. The number of unbranched alkanes of at least 4 members (excludes halogenated alkanes) is 18. The number of carbonyl (C=O) groups excluding carboxylic acids is 2. The van der Waals surface area contributed by atoms with Gasteiger partial charge < -0.3 is 24.6 Å². The van der Waals surface area contributed by atoms with Crippen molar-refractivity contribution in [2.45, 2.75) is 180 Å². The fraction of sp³-hybridized carbons (Fsp3) is 0.842. The third-order valence-electron chi connectivity index (χ3n) is 8.09. The lowest BCUT2D eigenvalue weighted by molar-refractivity contribution is -0.161. The van der Waals surface area contributed by atoms with Gasteiger partial charge in [-0.1, -0.05) is 134 Å². The number of hydrogen-bond acceptors (Lipinski definition) is 9. The van der Waals surface area contributed by atoms with Gasteiger partial charge in [0, 0.05) is 12.8 Å². The maximum absolute atomic E-state index is 12.5. The number of phosphoric ester groups is 1. The van der Waals surface area contributed by atoms with Crippen molar-refractivity contribution >= 4 is 19.8 Å². The molecule has 0 aromatic heterocycles. The second-order valence-electron chi connectivity index (χ2n) is 12.9. The summed E-state index contributed by atoms with van der Waals surface area (Å²) >= 11 is 0. The molecule has 0 aliphatic carbocycles. The Labute approximate surface area is 298 Å². The first-order valence-corrected chi connectivity index (χ1v) is 20.8. The molecule has 0 aliphatic heterocycles. The van der Waals surface area contributed by atoms with Crippen LogP contribution in [0.4, 0.5) is 0 Å². The quantitative estimate of drug-likeness (QED) is 0.0248. The Bertz CT molecular complexity index is 879. The standard InChI is InChI=1S/C38H71O10P/c1-3-5-7-9-11-13-15-16-17-18-20-21-23-25-27-29-37(41)45-33-36(34-47-49(43,44)46-32-35(40)31-39)48-38(42)30-28-26-24-22-19-14-12-10-8-6-4-2/h10,12,23,25,35-36,39-40H,3-9,11,13-22,24,26-34H2,1-2H3,(H,43,44)/b12-10+,25-23+/t35-,36+/m0/s1. The normalized spacial score (nSPS) is 14.3. The molecule has 0 saturated heterocycles. The second kappa shape index (κ2) is 34.9. The number of ether oxygens (including phenoxy) is 2. The zero-order chi connectivity index (χ0) is 36.3. The van der Waals surface area contributed by atoms with E-state index in [1.807, 2.05) is 6.08 Å². The number of hydrogen-bond donors (Lipinski definition) is 3. The van der Waals surface area contributed by atoms with Gasteiger partial charge in [0.1, 0.15) is 12.7 Å². The molecular weight excluding hydrogens is 647 g/mol. The Balaban J connectivity index is 4.39. The Kier molecular flexibility index (Phi) is 33.8. The summed E-state index contributed by atoms with van der Waals surface area (Å²) in [5.41, 5.74) is 0. The molecule has 0 spiro atoms. The van der Waals surface area contributed by atoms with Gasteiger partial charge in [-0.05, 0) is 44.9 Å². The highest BCUT2D eigenvalue weighted by molar-refractivity contribution is 7.47. The number of rotatable bonds is 36. The van der Waals surface area contributed by atoms with E-state index in [9.17, 15) is 24.2 Å². The zero-order valence-corrected chi connectivity index (χ0v) is 31.8. The third-order valence-corrected chi connectivity index (χ3v) is 9.04. The molecule has 3 atom stereocenters. The van der Waals surface area contributed by atoms with Crippen LogP contribution in [-0.2, 0) is 32.7 Å². The summed E-state index contributed by atoms with van der Waals surface area (Å²) in [5.74, 6) is -0.992. The molecule has 3 N–H and O–H groups in total. The van der Waals surface area contributed by atoms with Crippen LogP contribution in [0.2, 0.25) is 0 Å². The molecule has 0 aromatic rings. The van der Waals surface area contributed by atoms with Crippen molar-refractivity contribution in [1.82, 2.24) is 0 Å². The summed E-state index contributed by atoms with van der Waals surface area (Å²) in [6, 6.07) is 0. The van der Waals surface area contributed by atoms with Gasteiger partial charge in [0.25, 0.3) is 0 Å². The number of allylic oxidation sites excluding steroid dienone is 4. The maximum Gasteiger partial charge on any atom is 0.472 e. The molecule has 1 unspecified atom stereocenters. The number of phosphoric acid groups is 1. The van der Waals surface area contributed by atoms with Crippen molar-refractivity contribution in [3.63, 3.8) is 0 Å². The molecule has 0 saturated carbocycles. The van der Waals surface area contributed by atoms with Gasteiger partial charge in [0.2, 0.25) is 0 Å². The van der Waals surface area contributed by atoms with Gasteiger partial charge in [-0.15, -0.1) is 0 Å². The van der Waals surface area contributed by atoms with Crippen LogP contribution in [0.25, 0.3) is 0 Å². The largest absolute Gasteiger partial charge is 0.472 e. The van der Waals surface area contributed by atoms with Crippen molar-refractivity contribution in [1.29, 1.82) is 0 Å². The summed E-state index contributed by atoms with van der Waals surface area (Å²) in [6.07, 6.45) is 31.7. The van der Waals surface area contributed by atoms with Crippen molar-refractivity contribution < 1.29 is 47.8 Å². The van der Waals surface area contributed by atoms with Crippen LogP contribution in [0.1, 0.15) is 168 Å². The predicted octanol–water partition coefficient (Wildman–Crippen LogP) is 9.44. The third kappa shape index (κ3) is 34.7. The van der Waals surface area contributed by atoms with Crippen LogP contribution < -0.4 is 0 Å². The highest BCUT2D eigenvalue weighted by Crippen LogP contribution is 2.43. The van der Waals surface area contributed by atoms with Crippen molar-refractivity contribution in [2.24, 2.45) is 0 Å². The number of aliphatic hydroxyl groups excluding tert-OH is 2. The molecule has 49 heavy (non-hydrogen) atoms. The zero-order valence-electron chi connectivity index (χ0n) is 30.9. The number of carbonyl (C=O) groups is 2. The van der Waals surface area contributed by atoms with Gasteiger partial charge in [0.15, 0.2) is 6.10 Å². The first-order chi connectivity index (χ1) is 23.7. The van der Waals surface area contributed by atoms with Gasteiger partial charge in [0.05, 0.1) is 19.8 Å². The monoisotopic (exact) mass is 718 g/mol. The first-order valence-electron chi connectivity index (χ1n) is 19.3. The second-order valence-corrected chi connectivity index (χ2v) is 14.4. The molecule has 0 bridgehead atoms. The topological polar surface area (TPSA) is 149 Å². The van der Waals surface area contributed by atoms with E-state index in [1.165, 1.54) is 77.0 Å². The highest BCUT2D eigenvalue weighted by atomic mass is 31.2. The van der Waals surface area contributed by atoms with Gasteiger partial charge in [-0.2, -0.15) is 0 Å². The molecule has 0 aromatic carbocycles. The van der Waals surface area contributed by atoms with E-state index < -0.39 is 51.8 Å². The van der Waals surface area contributed by atoms with Crippen LogP contribution >= 0.6 is 7.82 Å². The highest BCUT2D eigenvalue weighted by Gasteiger charge is 2.27. The van der Waals surface area contributed by atoms with Crippen LogP contribution in [0.15, 0.2) is 24.3 Å². The van der Waals surface area contributed by atoms with Crippen LogP contribution in [0.3, 0.4) is 0 Å².